The van der Waals surface area contributed by atoms with Crippen LogP contribution in [0.15, 0.2) is 53.7 Å². The van der Waals surface area contributed by atoms with Crippen LogP contribution in [0.2, 0.25) is 10.0 Å². The molecule has 2 aromatic rings. The van der Waals surface area contributed by atoms with Crippen LogP contribution in [0, 0.1) is 0 Å². The van der Waals surface area contributed by atoms with Gasteiger partial charge in [0, 0.05) is 33.5 Å². The van der Waals surface area contributed by atoms with Gasteiger partial charge in [-0.25, -0.2) is 9.59 Å². The average Bonchev–Trinajstić information content (AvgIpc) is 2.75. The number of esters is 1. The Balaban J connectivity index is 1.86. The quantitative estimate of drug-likeness (QED) is 0.564. The molecule has 0 radical (unpaired) electrons. The fourth-order valence-electron chi connectivity index (χ4n) is 3.55. The number of benzene rings is 2. The molecule has 1 atom stereocenters. The third-order valence-corrected chi connectivity index (χ3v) is 5.51. The number of nitrogens with one attached hydrogen (secondary N) is 2. The molecule has 2 N–H and O–H groups in total. The molecule has 2 aromatic carbocycles. The summed E-state index contributed by atoms with van der Waals surface area (Å²) in [4.78, 5) is 39.2. The number of halogens is 2. The second-order valence-corrected chi connectivity index (χ2v) is 8.13. The number of allylic oxidation sites excluding steroid dienone is 1. The summed E-state index contributed by atoms with van der Waals surface area (Å²) in [5, 5.41) is 6.37. The van der Waals surface area contributed by atoms with E-state index < -0.39 is 12.0 Å². The lowest BCUT2D eigenvalue weighted by Gasteiger charge is -2.35. The Kier molecular flexibility index (Phi) is 7.43. The van der Waals surface area contributed by atoms with Crippen LogP contribution in [0.3, 0.4) is 0 Å². The Labute approximate surface area is 196 Å². The largest absolute Gasteiger partial charge is 0.466 e. The summed E-state index contributed by atoms with van der Waals surface area (Å²) in [6, 6.07) is 10.5. The van der Waals surface area contributed by atoms with Gasteiger partial charge in [-0.05, 0) is 49.2 Å². The van der Waals surface area contributed by atoms with Crippen LogP contribution in [-0.4, -0.2) is 36.5 Å². The van der Waals surface area contributed by atoms with Gasteiger partial charge in [-0.3, -0.25) is 9.69 Å². The maximum atomic E-state index is 12.6. The van der Waals surface area contributed by atoms with Crippen molar-refractivity contribution in [2.24, 2.45) is 0 Å². The van der Waals surface area contributed by atoms with Crippen molar-refractivity contribution < 1.29 is 19.1 Å². The minimum Gasteiger partial charge on any atom is -0.466 e. The van der Waals surface area contributed by atoms with Gasteiger partial charge in [0.1, 0.15) is 0 Å². The lowest BCUT2D eigenvalue weighted by atomic mass is 9.94. The zero-order chi connectivity index (χ0) is 23.4. The number of hydrogen-bond acceptors (Lipinski definition) is 4. The molecule has 0 saturated carbocycles. The Bertz CT molecular complexity index is 1060. The van der Waals surface area contributed by atoms with Crippen LogP contribution in [0.5, 0.6) is 0 Å². The molecule has 0 saturated heterocycles. The average molecular weight is 476 g/mol. The molecule has 1 unspecified atom stereocenters. The zero-order valence-corrected chi connectivity index (χ0v) is 19.4. The summed E-state index contributed by atoms with van der Waals surface area (Å²) >= 11 is 11.9. The molecule has 9 heteroatoms. The van der Waals surface area contributed by atoms with Crippen LogP contribution in [0.1, 0.15) is 42.2 Å². The molecule has 7 nitrogen and oxygen atoms in total. The van der Waals surface area contributed by atoms with E-state index in [1.807, 2.05) is 6.92 Å². The smallest absolute Gasteiger partial charge is 0.337 e. The van der Waals surface area contributed by atoms with Gasteiger partial charge >= 0.3 is 12.0 Å². The molecule has 1 aliphatic rings. The van der Waals surface area contributed by atoms with Gasteiger partial charge in [-0.1, -0.05) is 42.3 Å². The van der Waals surface area contributed by atoms with Crippen molar-refractivity contribution in [2.75, 3.05) is 19.0 Å². The summed E-state index contributed by atoms with van der Waals surface area (Å²) in [6.07, 6.45) is 0.746. The van der Waals surface area contributed by atoms with Crippen LogP contribution < -0.4 is 10.6 Å². The van der Waals surface area contributed by atoms with E-state index >= 15 is 0 Å². The first kappa shape index (κ1) is 23.6. The lowest BCUT2D eigenvalue weighted by Crippen LogP contribution is -2.48. The number of rotatable bonds is 6. The molecule has 1 aliphatic heterocycles. The molecule has 0 spiro atoms. The highest BCUT2D eigenvalue weighted by Gasteiger charge is 2.35. The first-order valence-electron chi connectivity index (χ1n) is 9.99. The molecule has 3 rings (SSSR count). The van der Waals surface area contributed by atoms with Crippen molar-refractivity contribution in [1.82, 2.24) is 10.2 Å². The van der Waals surface area contributed by atoms with Gasteiger partial charge < -0.3 is 15.4 Å². The molecule has 32 heavy (non-hydrogen) atoms. The van der Waals surface area contributed by atoms with E-state index in [9.17, 15) is 14.4 Å². The van der Waals surface area contributed by atoms with E-state index in [0.717, 1.165) is 6.42 Å². The number of amides is 3. The van der Waals surface area contributed by atoms with Crippen LogP contribution in [0.25, 0.3) is 0 Å². The van der Waals surface area contributed by atoms with Crippen LogP contribution >= 0.6 is 23.2 Å². The van der Waals surface area contributed by atoms with E-state index in [4.69, 9.17) is 27.9 Å². The Morgan fingerprint density at radius 3 is 2.31 bits per heavy atom. The van der Waals surface area contributed by atoms with Gasteiger partial charge in [-0.2, -0.15) is 0 Å². The first-order valence-corrected chi connectivity index (χ1v) is 10.7. The number of anilines is 1. The summed E-state index contributed by atoms with van der Waals surface area (Å²) in [6.45, 7) is 4.18. The fraction of sp³-hybridized carbons (Fsp3) is 0.261. The highest BCUT2D eigenvalue weighted by molar-refractivity contribution is 6.35. The minimum absolute atomic E-state index is 0.280. The normalized spacial score (nSPS) is 16.0. The molecule has 0 fully saturated rings. The summed E-state index contributed by atoms with van der Waals surface area (Å²) < 4.78 is 4.96. The second kappa shape index (κ2) is 10.1. The van der Waals surface area contributed by atoms with Crippen molar-refractivity contribution in [3.63, 3.8) is 0 Å². The second-order valence-electron chi connectivity index (χ2n) is 7.26. The highest BCUT2D eigenvalue weighted by Crippen LogP contribution is 2.32. The Hall–Kier alpha value is -3.03. The van der Waals surface area contributed by atoms with Gasteiger partial charge in [0.25, 0.3) is 5.91 Å². The van der Waals surface area contributed by atoms with Crippen molar-refractivity contribution in [1.29, 1.82) is 0 Å². The van der Waals surface area contributed by atoms with Gasteiger partial charge in [0.15, 0.2) is 0 Å². The van der Waals surface area contributed by atoms with E-state index in [1.54, 1.807) is 37.3 Å². The first-order chi connectivity index (χ1) is 15.2. The van der Waals surface area contributed by atoms with Crippen molar-refractivity contribution in [3.05, 3.63) is 74.9 Å². The number of hydrogen-bond donors (Lipinski definition) is 2. The molecule has 168 valence electrons. The van der Waals surface area contributed by atoms with Crippen LogP contribution in [-0.2, 0) is 9.53 Å². The Morgan fingerprint density at radius 2 is 1.75 bits per heavy atom. The van der Waals surface area contributed by atoms with Crippen molar-refractivity contribution >= 4 is 46.8 Å². The summed E-state index contributed by atoms with van der Waals surface area (Å²) in [5.41, 5.74) is 2.46. The third-order valence-electron chi connectivity index (χ3n) is 5.08. The fourth-order valence-corrected chi connectivity index (χ4v) is 4.07. The predicted octanol–water partition coefficient (Wildman–Crippen LogP) is 5.17. The Morgan fingerprint density at radius 1 is 1.12 bits per heavy atom. The SMILES string of the molecule is CCCN1C(=O)NC(c2ccc(NC(=O)c3cc(Cl)cc(Cl)c3)cc2)C(C(=O)OC)=C1C. The minimum atomic E-state index is -0.667. The zero-order valence-electron chi connectivity index (χ0n) is 17.9. The number of methoxy groups -OCH3 is 1. The number of ether oxygens (including phenoxy) is 1. The van der Waals surface area contributed by atoms with Gasteiger partial charge in [0.2, 0.25) is 0 Å². The van der Waals surface area contributed by atoms with Crippen molar-refractivity contribution in [3.8, 4) is 0 Å². The maximum Gasteiger partial charge on any atom is 0.337 e. The molecule has 1 heterocycles. The number of nitrogens with zero attached hydrogens (tertiary/aromatic N) is 1. The number of carbonyl (C=O) groups excluding carboxylic acids is 3. The maximum absolute atomic E-state index is 12.6. The number of urea groups is 1. The molecule has 0 aromatic heterocycles. The summed E-state index contributed by atoms with van der Waals surface area (Å²) in [7, 11) is 1.31. The molecular weight excluding hydrogens is 453 g/mol. The molecule has 0 bridgehead atoms. The van der Waals surface area contributed by atoms with Crippen molar-refractivity contribution in [2.45, 2.75) is 26.3 Å². The topological polar surface area (TPSA) is 87.7 Å². The van der Waals surface area contributed by atoms with E-state index in [0.29, 0.717) is 44.7 Å². The molecule has 0 aliphatic carbocycles. The van der Waals surface area contributed by atoms with E-state index in [-0.39, 0.29) is 11.9 Å². The number of carbonyl (C=O) groups is 3. The van der Waals surface area contributed by atoms with E-state index in [1.165, 1.54) is 24.1 Å². The van der Waals surface area contributed by atoms with Gasteiger partial charge in [-0.15, -0.1) is 0 Å². The monoisotopic (exact) mass is 475 g/mol. The van der Waals surface area contributed by atoms with Crippen LogP contribution in [0.4, 0.5) is 10.5 Å². The molecule has 3 amide bonds. The van der Waals surface area contributed by atoms with Gasteiger partial charge in [0.05, 0.1) is 18.7 Å². The predicted molar refractivity (Wildman–Crippen MR) is 124 cm³/mol. The highest BCUT2D eigenvalue weighted by atomic mass is 35.5. The standard InChI is InChI=1S/C23H23Cl2N3O4/c1-4-9-28-13(2)19(22(30)32-3)20(27-23(28)31)14-5-7-18(8-6-14)26-21(29)15-10-16(24)12-17(25)11-15/h5-8,10-12,20H,4,9H2,1-3H3,(H,26,29)(H,27,31). The molecular formula is C23H23Cl2N3O4. The lowest BCUT2D eigenvalue weighted by molar-refractivity contribution is -0.136. The summed E-state index contributed by atoms with van der Waals surface area (Å²) in [5.74, 6) is -0.877. The van der Waals surface area contributed by atoms with E-state index in [2.05, 4.69) is 10.6 Å². The third kappa shape index (κ3) is 5.06.